The molecule has 1 amide bonds. The highest BCUT2D eigenvalue weighted by Gasteiger charge is 2.34. The van der Waals surface area contributed by atoms with Gasteiger partial charge in [-0.3, -0.25) is 9.78 Å². The van der Waals surface area contributed by atoms with Crippen LogP contribution in [0.5, 0.6) is 0 Å². The van der Waals surface area contributed by atoms with Crippen molar-refractivity contribution in [3.63, 3.8) is 0 Å². The van der Waals surface area contributed by atoms with E-state index in [0.29, 0.717) is 0 Å². The van der Waals surface area contributed by atoms with Gasteiger partial charge in [-0.15, -0.1) is 11.8 Å². The molecule has 1 aromatic heterocycles. The van der Waals surface area contributed by atoms with Crippen molar-refractivity contribution in [3.8, 4) is 0 Å². The van der Waals surface area contributed by atoms with E-state index in [0.717, 1.165) is 29.8 Å². The Morgan fingerprint density at radius 2 is 2.14 bits per heavy atom. The van der Waals surface area contributed by atoms with Crippen molar-refractivity contribution in [2.24, 2.45) is 0 Å². The van der Waals surface area contributed by atoms with Gasteiger partial charge in [-0.2, -0.15) is 0 Å². The first-order valence-corrected chi connectivity index (χ1v) is 8.73. The highest BCUT2D eigenvalue weighted by molar-refractivity contribution is 7.99. The molecular weight excluding hydrogens is 292 g/mol. The summed E-state index contributed by atoms with van der Waals surface area (Å²) in [5.74, 6) is 1.16. The standard InChI is InChI=1S/C18H20N2OS/c1-2-16(14-7-4-3-5-8-14)17(21)20-11-12-22-18(20)15-9-6-10-19-13-15/h3-10,13,16,18H,2,11-12H2,1H3. The van der Waals surface area contributed by atoms with Crippen molar-refractivity contribution in [2.45, 2.75) is 24.6 Å². The summed E-state index contributed by atoms with van der Waals surface area (Å²) in [4.78, 5) is 19.3. The van der Waals surface area contributed by atoms with E-state index in [1.165, 1.54) is 0 Å². The first kappa shape index (κ1) is 15.1. The van der Waals surface area contributed by atoms with Gasteiger partial charge >= 0.3 is 0 Å². The first-order valence-electron chi connectivity index (χ1n) is 7.68. The van der Waals surface area contributed by atoms with E-state index in [1.54, 1.807) is 6.20 Å². The number of amides is 1. The fourth-order valence-corrected chi connectivity index (χ4v) is 4.18. The molecule has 0 aliphatic carbocycles. The Bertz CT molecular complexity index is 617. The van der Waals surface area contributed by atoms with Crippen LogP contribution in [0.4, 0.5) is 0 Å². The average Bonchev–Trinajstić information content (AvgIpc) is 3.07. The summed E-state index contributed by atoms with van der Waals surface area (Å²) in [5.41, 5.74) is 2.22. The second kappa shape index (κ2) is 6.97. The van der Waals surface area contributed by atoms with Crippen molar-refractivity contribution in [2.75, 3.05) is 12.3 Å². The zero-order valence-electron chi connectivity index (χ0n) is 12.7. The maximum Gasteiger partial charge on any atom is 0.231 e. The van der Waals surface area contributed by atoms with Crippen LogP contribution in [0.25, 0.3) is 0 Å². The van der Waals surface area contributed by atoms with Gasteiger partial charge in [0.25, 0.3) is 0 Å². The summed E-state index contributed by atoms with van der Waals surface area (Å²) in [6.07, 6.45) is 4.46. The van der Waals surface area contributed by atoms with Crippen LogP contribution in [0, 0.1) is 0 Å². The van der Waals surface area contributed by atoms with E-state index in [2.05, 4.69) is 18.0 Å². The molecule has 1 aliphatic rings. The van der Waals surface area contributed by atoms with E-state index >= 15 is 0 Å². The molecule has 0 N–H and O–H groups in total. The molecule has 4 heteroatoms. The number of hydrogen-bond donors (Lipinski definition) is 0. The molecular formula is C18H20N2OS. The van der Waals surface area contributed by atoms with Crippen LogP contribution in [0.2, 0.25) is 0 Å². The molecule has 114 valence electrons. The number of thioether (sulfide) groups is 1. The number of hydrogen-bond acceptors (Lipinski definition) is 3. The molecule has 2 aromatic rings. The maximum atomic E-state index is 13.1. The molecule has 22 heavy (non-hydrogen) atoms. The predicted octanol–water partition coefficient (Wildman–Crippen LogP) is 3.85. The lowest BCUT2D eigenvalue weighted by Crippen LogP contribution is -2.34. The van der Waals surface area contributed by atoms with Crippen LogP contribution >= 0.6 is 11.8 Å². The van der Waals surface area contributed by atoms with E-state index in [4.69, 9.17) is 0 Å². The first-order chi connectivity index (χ1) is 10.8. The van der Waals surface area contributed by atoms with E-state index in [9.17, 15) is 4.79 Å². The van der Waals surface area contributed by atoms with Crippen LogP contribution in [0.3, 0.4) is 0 Å². The largest absolute Gasteiger partial charge is 0.325 e. The summed E-state index contributed by atoms with van der Waals surface area (Å²) in [6.45, 7) is 2.89. The maximum absolute atomic E-state index is 13.1. The number of carbonyl (C=O) groups excluding carboxylic acids is 1. The fraction of sp³-hybridized carbons (Fsp3) is 0.333. The van der Waals surface area contributed by atoms with Crippen LogP contribution in [0.15, 0.2) is 54.9 Å². The minimum Gasteiger partial charge on any atom is -0.325 e. The van der Waals surface area contributed by atoms with E-state index in [-0.39, 0.29) is 17.2 Å². The Morgan fingerprint density at radius 3 is 2.82 bits per heavy atom. The minimum atomic E-state index is -0.0564. The second-order valence-electron chi connectivity index (χ2n) is 5.41. The number of carbonyl (C=O) groups is 1. The Kier molecular flexibility index (Phi) is 4.78. The van der Waals surface area contributed by atoms with Crippen LogP contribution in [0.1, 0.15) is 35.8 Å². The summed E-state index contributed by atoms with van der Waals surface area (Å²) in [7, 11) is 0. The van der Waals surface area contributed by atoms with Crippen molar-refractivity contribution in [3.05, 3.63) is 66.0 Å². The van der Waals surface area contributed by atoms with Crippen molar-refractivity contribution in [1.29, 1.82) is 0 Å². The highest BCUT2D eigenvalue weighted by atomic mass is 32.2. The summed E-state index contributed by atoms with van der Waals surface area (Å²) < 4.78 is 0. The number of benzene rings is 1. The smallest absolute Gasteiger partial charge is 0.231 e. The minimum absolute atomic E-state index is 0.0564. The lowest BCUT2D eigenvalue weighted by atomic mass is 9.95. The second-order valence-corrected chi connectivity index (χ2v) is 6.60. The molecule has 3 rings (SSSR count). The van der Waals surface area contributed by atoms with Crippen molar-refractivity contribution < 1.29 is 4.79 Å². The highest BCUT2D eigenvalue weighted by Crippen LogP contribution is 2.39. The molecule has 0 bridgehead atoms. The van der Waals surface area contributed by atoms with E-state index < -0.39 is 0 Å². The third-order valence-electron chi connectivity index (χ3n) is 4.05. The van der Waals surface area contributed by atoms with Gasteiger partial charge in [-0.25, -0.2) is 0 Å². The molecule has 2 unspecified atom stereocenters. The van der Waals surface area contributed by atoms with Gasteiger partial charge in [0, 0.05) is 30.3 Å². The van der Waals surface area contributed by atoms with E-state index in [1.807, 2.05) is 59.3 Å². The van der Waals surface area contributed by atoms with Gasteiger partial charge in [0.1, 0.15) is 5.37 Å². The zero-order chi connectivity index (χ0) is 15.4. The Hall–Kier alpha value is -1.81. The fourth-order valence-electron chi connectivity index (χ4n) is 2.93. The van der Waals surface area contributed by atoms with Gasteiger partial charge < -0.3 is 4.90 Å². The number of pyridine rings is 1. The van der Waals surface area contributed by atoms with Gasteiger partial charge in [0.15, 0.2) is 0 Å². The Morgan fingerprint density at radius 1 is 1.32 bits per heavy atom. The monoisotopic (exact) mass is 312 g/mol. The normalized spacial score (nSPS) is 19.1. The molecule has 1 saturated heterocycles. The third-order valence-corrected chi connectivity index (χ3v) is 5.31. The number of nitrogens with zero attached hydrogens (tertiary/aromatic N) is 2. The van der Waals surface area contributed by atoms with Gasteiger partial charge in [0.2, 0.25) is 5.91 Å². The molecule has 0 saturated carbocycles. The number of rotatable bonds is 4. The van der Waals surface area contributed by atoms with Crippen molar-refractivity contribution in [1.82, 2.24) is 9.88 Å². The van der Waals surface area contributed by atoms with Gasteiger partial charge in [0.05, 0.1) is 5.92 Å². The lowest BCUT2D eigenvalue weighted by Gasteiger charge is -2.28. The Balaban J connectivity index is 1.84. The quantitative estimate of drug-likeness (QED) is 0.860. The van der Waals surface area contributed by atoms with Crippen LogP contribution in [-0.4, -0.2) is 28.1 Å². The lowest BCUT2D eigenvalue weighted by molar-refractivity contribution is -0.133. The molecule has 0 spiro atoms. The molecule has 2 atom stereocenters. The van der Waals surface area contributed by atoms with Crippen LogP contribution in [-0.2, 0) is 4.79 Å². The third kappa shape index (κ3) is 3.02. The van der Waals surface area contributed by atoms with Crippen molar-refractivity contribution >= 4 is 17.7 Å². The average molecular weight is 312 g/mol. The summed E-state index contributed by atoms with van der Waals surface area (Å²) in [5, 5.41) is 0.0963. The molecule has 0 radical (unpaired) electrons. The summed E-state index contributed by atoms with van der Waals surface area (Å²) in [6, 6.07) is 14.1. The van der Waals surface area contributed by atoms with Crippen LogP contribution < -0.4 is 0 Å². The number of aromatic nitrogens is 1. The molecule has 3 nitrogen and oxygen atoms in total. The Labute approximate surface area is 135 Å². The molecule has 2 heterocycles. The SMILES string of the molecule is CCC(C(=O)N1CCSC1c1cccnc1)c1ccccc1. The molecule has 1 aliphatic heterocycles. The molecule has 1 aromatic carbocycles. The summed E-state index contributed by atoms with van der Waals surface area (Å²) >= 11 is 1.82. The zero-order valence-corrected chi connectivity index (χ0v) is 13.5. The topological polar surface area (TPSA) is 33.2 Å². The van der Waals surface area contributed by atoms with Gasteiger partial charge in [-0.05, 0) is 18.1 Å². The van der Waals surface area contributed by atoms with Gasteiger partial charge in [-0.1, -0.05) is 43.3 Å². The molecule has 1 fully saturated rings. The predicted molar refractivity (Wildman–Crippen MR) is 90.6 cm³/mol.